The molecule has 7 nitrogen and oxygen atoms in total. The zero-order chi connectivity index (χ0) is 10.7. The number of carbonyl (C=O) groups is 2. The molecule has 0 bridgehead atoms. The molecule has 0 fully saturated rings. The van der Waals surface area contributed by atoms with Gasteiger partial charge in [-0.15, -0.1) is 5.10 Å². The maximum atomic E-state index is 11.1. The number of hydrogen-bond donors (Lipinski definition) is 1. The molecule has 0 unspecified atom stereocenters. The van der Waals surface area contributed by atoms with Crippen molar-refractivity contribution in [1.29, 1.82) is 0 Å². The second-order valence-electron chi connectivity index (χ2n) is 2.35. The van der Waals surface area contributed by atoms with Crippen molar-refractivity contribution in [2.24, 2.45) is 0 Å². The first-order valence-corrected chi connectivity index (χ1v) is 3.61. The zero-order valence-corrected chi connectivity index (χ0v) is 7.68. The van der Waals surface area contributed by atoms with Gasteiger partial charge in [0.25, 0.3) is 0 Å². The Hall–Kier alpha value is -2.05. The molecular formula is C7H9N3O4. The van der Waals surface area contributed by atoms with Crippen LogP contribution in [0.2, 0.25) is 0 Å². The molecule has 0 aliphatic heterocycles. The van der Waals surface area contributed by atoms with Crippen LogP contribution in [0, 0.1) is 0 Å². The molecule has 0 radical (unpaired) electrons. The van der Waals surface area contributed by atoms with Gasteiger partial charge in [-0.25, -0.2) is 9.59 Å². The first-order valence-electron chi connectivity index (χ1n) is 3.61. The Morgan fingerprint density at radius 1 is 1.36 bits per heavy atom. The number of hydrogen-bond acceptors (Lipinski definition) is 6. The highest BCUT2D eigenvalue weighted by atomic mass is 16.5. The number of nitrogens with two attached hydrogens (primary N) is 1. The molecule has 1 rings (SSSR count). The summed E-state index contributed by atoms with van der Waals surface area (Å²) in [6.07, 6.45) is 1.18. The summed E-state index contributed by atoms with van der Waals surface area (Å²) in [5, 5.41) is 3.57. The molecule has 0 amide bonds. The van der Waals surface area contributed by atoms with Gasteiger partial charge in [-0.05, 0) is 0 Å². The number of nitrogen functional groups attached to an aromatic ring is 1. The minimum atomic E-state index is -0.741. The van der Waals surface area contributed by atoms with Crippen LogP contribution in [-0.4, -0.2) is 36.0 Å². The number of ether oxygens (including phenoxy) is 2. The summed E-state index contributed by atoms with van der Waals surface area (Å²) in [6.45, 7) is 0. The molecule has 0 saturated carbocycles. The third kappa shape index (κ3) is 1.65. The Morgan fingerprint density at radius 3 is 2.43 bits per heavy atom. The highest BCUT2D eigenvalue weighted by Gasteiger charge is 2.22. The first kappa shape index (κ1) is 10.0. The Labute approximate surface area is 79.4 Å². The molecule has 0 atom stereocenters. The lowest BCUT2D eigenvalue weighted by atomic mass is 10.2. The van der Waals surface area contributed by atoms with Gasteiger partial charge in [-0.3, -0.25) is 0 Å². The van der Waals surface area contributed by atoms with Gasteiger partial charge in [0, 0.05) is 0 Å². The number of carbonyl (C=O) groups excluding carboxylic acids is 2. The Balaban J connectivity index is 3.15. The van der Waals surface area contributed by atoms with Gasteiger partial charge in [0.2, 0.25) is 0 Å². The number of methoxy groups -OCH3 is 2. The van der Waals surface area contributed by atoms with Crippen LogP contribution in [0.25, 0.3) is 0 Å². The van der Waals surface area contributed by atoms with Gasteiger partial charge in [-0.1, -0.05) is 0 Å². The molecule has 1 aromatic rings. The van der Waals surface area contributed by atoms with Crippen LogP contribution in [0.15, 0.2) is 6.20 Å². The second kappa shape index (κ2) is 3.77. The fourth-order valence-corrected chi connectivity index (χ4v) is 0.898. The molecule has 1 aromatic heterocycles. The molecule has 76 valence electrons. The van der Waals surface area contributed by atoms with Crippen molar-refractivity contribution in [3.63, 3.8) is 0 Å². The van der Waals surface area contributed by atoms with Crippen LogP contribution in [0.1, 0.15) is 20.8 Å². The van der Waals surface area contributed by atoms with Crippen LogP contribution in [0.5, 0.6) is 0 Å². The van der Waals surface area contributed by atoms with E-state index in [1.165, 1.54) is 20.4 Å². The summed E-state index contributed by atoms with van der Waals surface area (Å²) < 4.78 is 8.84. The normalized spacial score (nSPS) is 9.57. The second-order valence-corrected chi connectivity index (χ2v) is 2.35. The summed E-state index contributed by atoms with van der Waals surface area (Å²) in [5.41, 5.74) is -0.191. The Bertz CT molecular complexity index is 338. The molecular weight excluding hydrogens is 190 g/mol. The molecule has 7 heteroatoms. The predicted molar refractivity (Wildman–Crippen MR) is 45.1 cm³/mol. The van der Waals surface area contributed by atoms with Crippen molar-refractivity contribution in [3.8, 4) is 0 Å². The molecule has 2 N–H and O–H groups in total. The summed E-state index contributed by atoms with van der Waals surface area (Å²) in [5.74, 6) is 3.82. The van der Waals surface area contributed by atoms with E-state index in [0.717, 1.165) is 4.79 Å². The van der Waals surface area contributed by atoms with Crippen molar-refractivity contribution in [3.05, 3.63) is 17.5 Å². The molecule has 0 aromatic carbocycles. The minimum Gasteiger partial charge on any atom is -0.465 e. The maximum absolute atomic E-state index is 11.1. The predicted octanol–water partition coefficient (Wildman–Crippen LogP) is -0.830. The summed E-state index contributed by atoms with van der Waals surface area (Å²) in [7, 11) is 2.37. The third-order valence-corrected chi connectivity index (χ3v) is 1.52. The summed E-state index contributed by atoms with van der Waals surface area (Å²) >= 11 is 0. The monoisotopic (exact) mass is 199 g/mol. The third-order valence-electron chi connectivity index (χ3n) is 1.52. The van der Waals surface area contributed by atoms with E-state index in [1.807, 2.05) is 0 Å². The fraction of sp³-hybridized carbons (Fsp3) is 0.286. The fourth-order valence-electron chi connectivity index (χ4n) is 0.898. The molecule has 0 aliphatic rings. The van der Waals surface area contributed by atoms with Crippen molar-refractivity contribution in [2.75, 3.05) is 20.1 Å². The van der Waals surface area contributed by atoms with E-state index < -0.39 is 11.9 Å². The van der Waals surface area contributed by atoms with E-state index in [-0.39, 0.29) is 11.3 Å². The van der Waals surface area contributed by atoms with Crippen LogP contribution in [-0.2, 0) is 9.47 Å². The highest BCUT2D eigenvalue weighted by molar-refractivity contribution is 6.01. The van der Waals surface area contributed by atoms with Gasteiger partial charge >= 0.3 is 11.9 Å². The lowest BCUT2D eigenvalue weighted by molar-refractivity contribution is 0.0552. The van der Waals surface area contributed by atoms with Crippen LogP contribution < -0.4 is 5.84 Å². The van der Waals surface area contributed by atoms with Crippen LogP contribution in [0.3, 0.4) is 0 Å². The summed E-state index contributed by atoms with van der Waals surface area (Å²) in [6, 6.07) is 0. The van der Waals surface area contributed by atoms with Gasteiger partial charge in [0.15, 0.2) is 5.69 Å². The Kier molecular flexibility index (Phi) is 2.70. The maximum Gasteiger partial charge on any atom is 0.359 e. The Morgan fingerprint density at radius 2 is 1.93 bits per heavy atom. The van der Waals surface area contributed by atoms with Gasteiger partial charge in [0.05, 0.1) is 20.4 Å². The van der Waals surface area contributed by atoms with Crippen molar-refractivity contribution >= 4 is 11.9 Å². The van der Waals surface area contributed by atoms with E-state index in [2.05, 4.69) is 14.6 Å². The quantitative estimate of drug-likeness (QED) is 0.493. The van der Waals surface area contributed by atoms with E-state index in [1.54, 1.807) is 0 Å². The van der Waals surface area contributed by atoms with Crippen molar-refractivity contribution < 1.29 is 19.1 Å². The lowest BCUT2D eigenvalue weighted by Gasteiger charge is -1.97. The summed E-state index contributed by atoms with van der Waals surface area (Å²) in [4.78, 5) is 23.1. The standard InChI is InChI=1S/C7H9N3O4/c1-13-6(11)4-3-10(8)9-5(4)7(12)14-2/h3H,8H2,1-2H3. The number of aromatic nitrogens is 2. The lowest BCUT2D eigenvalue weighted by Crippen LogP contribution is -2.11. The smallest absolute Gasteiger partial charge is 0.359 e. The number of esters is 2. The minimum absolute atomic E-state index is 0.0261. The van der Waals surface area contributed by atoms with Gasteiger partial charge < -0.3 is 15.3 Å². The van der Waals surface area contributed by atoms with E-state index in [0.29, 0.717) is 0 Å². The van der Waals surface area contributed by atoms with Crippen LogP contribution in [0.4, 0.5) is 0 Å². The van der Waals surface area contributed by atoms with Crippen LogP contribution >= 0.6 is 0 Å². The highest BCUT2D eigenvalue weighted by Crippen LogP contribution is 2.08. The molecule has 1 heterocycles. The first-order chi connectivity index (χ1) is 6.60. The average Bonchev–Trinajstić information content (AvgIpc) is 2.58. The van der Waals surface area contributed by atoms with Gasteiger partial charge in [0.1, 0.15) is 5.56 Å². The van der Waals surface area contributed by atoms with E-state index in [9.17, 15) is 9.59 Å². The SMILES string of the molecule is COC(=O)c1cn(N)nc1C(=O)OC. The molecule has 0 spiro atoms. The van der Waals surface area contributed by atoms with Crippen molar-refractivity contribution in [2.45, 2.75) is 0 Å². The van der Waals surface area contributed by atoms with E-state index >= 15 is 0 Å². The topological polar surface area (TPSA) is 96.4 Å². The van der Waals surface area contributed by atoms with Gasteiger partial charge in [-0.2, -0.15) is 4.79 Å². The average molecular weight is 199 g/mol. The zero-order valence-electron chi connectivity index (χ0n) is 7.68. The number of nitrogens with zero attached hydrogens (tertiary/aromatic N) is 2. The number of rotatable bonds is 2. The largest absolute Gasteiger partial charge is 0.465 e. The molecule has 0 aliphatic carbocycles. The van der Waals surface area contributed by atoms with Crippen molar-refractivity contribution in [1.82, 2.24) is 9.89 Å². The molecule has 14 heavy (non-hydrogen) atoms. The van der Waals surface area contributed by atoms with E-state index in [4.69, 9.17) is 5.84 Å². The molecule has 0 saturated heterocycles.